The molecule has 2 aromatic carbocycles. The SMILES string of the molecule is Cc1cccc(N(CC(=O)NC2CCCC2)S(=O)(=O)c2ccccc2)c1. The van der Waals surface area contributed by atoms with Gasteiger partial charge in [0, 0.05) is 6.04 Å². The lowest BCUT2D eigenvalue weighted by Gasteiger charge is -2.25. The minimum Gasteiger partial charge on any atom is -0.352 e. The zero-order valence-electron chi connectivity index (χ0n) is 14.9. The molecule has 2 aromatic rings. The van der Waals surface area contributed by atoms with Crippen LogP contribution in [0, 0.1) is 6.92 Å². The topological polar surface area (TPSA) is 66.5 Å². The second kappa shape index (κ2) is 7.91. The first-order valence-electron chi connectivity index (χ1n) is 8.90. The molecule has 0 atom stereocenters. The van der Waals surface area contributed by atoms with E-state index in [1.54, 1.807) is 48.5 Å². The van der Waals surface area contributed by atoms with Gasteiger partial charge in [0.15, 0.2) is 0 Å². The Morgan fingerprint density at radius 1 is 1.08 bits per heavy atom. The first-order chi connectivity index (χ1) is 12.5. The highest BCUT2D eigenvalue weighted by molar-refractivity contribution is 7.92. The van der Waals surface area contributed by atoms with Gasteiger partial charge in [-0.2, -0.15) is 0 Å². The van der Waals surface area contributed by atoms with Crippen molar-refractivity contribution in [2.45, 2.75) is 43.5 Å². The van der Waals surface area contributed by atoms with Gasteiger partial charge in [0.05, 0.1) is 10.6 Å². The first-order valence-corrected chi connectivity index (χ1v) is 10.3. The van der Waals surface area contributed by atoms with Crippen molar-refractivity contribution in [1.82, 2.24) is 5.32 Å². The molecular formula is C20H24N2O3S. The Labute approximate surface area is 155 Å². The van der Waals surface area contributed by atoms with E-state index in [0.717, 1.165) is 31.2 Å². The lowest BCUT2D eigenvalue weighted by Crippen LogP contribution is -2.43. The number of amides is 1. The van der Waals surface area contributed by atoms with Gasteiger partial charge in [0.2, 0.25) is 5.91 Å². The Kier molecular flexibility index (Phi) is 5.61. The predicted octanol–water partition coefficient (Wildman–Crippen LogP) is 3.25. The number of aryl methyl sites for hydroxylation is 1. The summed E-state index contributed by atoms with van der Waals surface area (Å²) in [5.41, 5.74) is 1.43. The number of hydrogen-bond acceptors (Lipinski definition) is 3. The summed E-state index contributed by atoms with van der Waals surface area (Å²) in [6.07, 6.45) is 4.13. The molecule has 5 nitrogen and oxygen atoms in total. The fourth-order valence-electron chi connectivity index (χ4n) is 3.29. The molecule has 0 aromatic heterocycles. The normalized spacial score (nSPS) is 15.0. The van der Waals surface area contributed by atoms with E-state index in [1.165, 1.54) is 4.31 Å². The Balaban J connectivity index is 1.90. The summed E-state index contributed by atoms with van der Waals surface area (Å²) >= 11 is 0. The third-order valence-corrected chi connectivity index (χ3v) is 6.42. The fraction of sp³-hybridized carbons (Fsp3) is 0.350. The Bertz CT molecular complexity index is 860. The van der Waals surface area contributed by atoms with Crippen molar-refractivity contribution in [2.75, 3.05) is 10.8 Å². The molecule has 1 N–H and O–H groups in total. The summed E-state index contributed by atoms with van der Waals surface area (Å²) in [4.78, 5) is 12.7. The molecule has 1 aliphatic carbocycles. The average molecular weight is 372 g/mol. The molecule has 0 aliphatic heterocycles. The number of carbonyl (C=O) groups is 1. The van der Waals surface area contributed by atoms with Gasteiger partial charge in [-0.15, -0.1) is 0 Å². The van der Waals surface area contributed by atoms with E-state index in [9.17, 15) is 13.2 Å². The summed E-state index contributed by atoms with van der Waals surface area (Å²) in [5.74, 6) is -0.266. The minimum atomic E-state index is -3.83. The Morgan fingerprint density at radius 2 is 1.77 bits per heavy atom. The molecule has 6 heteroatoms. The summed E-state index contributed by atoms with van der Waals surface area (Å²) in [5, 5.41) is 2.97. The van der Waals surface area contributed by atoms with Gasteiger partial charge in [-0.05, 0) is 49.6 Å². The van der Waals surface area contributed by atoms with E-state index in [0.29, 0.717) is 5.69 Å². The maximum Gasteiger partial charge on any atom is 0.264 e. The monoisotopic (exact) mass is 372 g/mol. The van der Waals surface area contributed by atoms with Crippen LogP contribution in [0.25, 0.3) is 0 Å². The molecule has 0 radical (unpaired) electrons. The van der Waals surface area contributed by atoms with Gasteiger partial charge in [-0.3, -0.25) is 9.10 Å². The van der Waals surface area contributed by atoms with Crippen LogP contribution >= 0.6 is 0 Å². The number of hydrogen-bond donors (Lipinski definition) is 1. The molecular weight excluding hydrogens is 348 g/mol. The van der Waals surface area contributed by atoms with Crippen LogP contribution in [0.2, 0.25) is 0 Å². The molecule has 0 saturated heterocycles. The number of carbonyl (C=O) groups excluding carboxylic acids is 1. The molecule has 0 spiro atoms. The van der Waals surface area contributed by atoms with E-state index in [4.69, 9.17) is 0 Å². The summed E-state index contributed by atoms with van der Waals surface area (Å²) < 4.78 is 27.5. The van der Waals surface area contributed by atoms with E-state index < -0.39 is 10.0 Å². The predicted molar refractivity (Wildman–Crippen MR) is 103 cm³/mol. The van der Waals surface area contributed by atoms with Crippen LogP contribution in [0.1, 0.15) is 31.2 Å². The molecule has 0 heterocycles. The van der Waals surface area contributed by atoms with E-state index in [-0.39, 0.29) is 23.4 Å². The smallest absolute Gasteiger partial charge is 0.264 e. The quantitative estimate of drug-likeness (QED) is 0.846. The van der Waals surface area contributed by atoms with Crippen LogP contribution < -0.4 is 9.62 Å². The second-order valence-electron chi connectivity index (χ2n) is 6.71. The minimum absolute atomic E-state index is 0.154. The maximum absolute atomic E-state index is 13.2. The van der Waals surface area contributed by atoms with E-state index >= 15 is 0 Å². The van der Waals surface area contributed by atoms with E-state index in [1.807, 2.05) is 13.0 Å². The molecule has 1 fully saturated rings. The Hall–Kier alpha value is -2.34. The van der Waals surface area contributed by atoms with Crippen molar-refractivity contribution in [3.8, 4) is 0 Å². The molecule has 0 unspecified atom stereocenters. The van der Waals surface area contributed by atoms with Gasteiger partial charge >= 0.3 is 0 Å². The zero-order chi connectivity index (χ0) is 18.6. The van der Waals surface area contributed by atoms with Crippen LogP contribution in [0.3, 0.4) is 0 Å². The summed E-state index contributed by atoms with van der Waals surface area (Å²) in [7, 11) is -3.83. The highest BCUT2D eigenvalue weighted by atomic mass is 32.2. The summed E-state index contributed by atoms with van der Waals surface area (Å²) in [6.45, 7) is 1.67. The van der Waals surface area contributed by atoms with Crippen molar-refractivity contribution in [1.29, 1.82) is 0 Å². The fourth-order valence-corrected chi connectivity index (χ4v) is 4.73. The lowest BCUT2D eigenvalue weighted by atomic mass is 10.2. The number of benzene rings is 2. The highest BCUT2D eigenvalue weighted by Gasteiger charge is 2.28. The van der Waals surface area contributed by atoms with Crippen LogP contribution in [-0.2, 0) is 14.8 Å². The van der Waals surface area contributed by atoms with Crippen LogP contribution in [0.4, 0.5) is 5.69 Å². The lowest BCUT2D eigenvalue weighted by molar-refractivity contribution is -0.120. The van der Waals surface area contributed by atoms with Crippen LogP contribution in [0.5, 0.6) is 0 Å². The highest BCUT2D eigenvalue weighted by Crippen LogP contribution is 2.24. The van der Waals surface area contributed by atoms with Crippen LogP contribution in [-0.4, -0.2) is 26.9 Å². The van der Waals surface area contributed by atoms with Crippen molar-refractivity contribution in [3.05, 3.63) is 60.2 Å². The first kappa shape index (κ1) is 18.5. The van der Waals surface area contributed by atoms with Crippen molar-refractivity contribution in [2.24, 2.45) is 0 Å². The number of sulfonamides is 1. The van der Waals surface area contributed by atoms with Crippen molar-refractivity contribution in [3.63, 3.8) is 0 Å². The molecule has 1 aliphatic rings. The van der Waals surface area contributed by atoms with Gasteiger partial charge in [0.1, 0.15) is 6.54 Å². The van der Waals surface area contributed by atoms with Gasteiger partial charge in [0.25, 0.3) is 10.0 Å². The van der Waals surface area contributed by atoms with Crippen molar-refractivity contribution < 1.29 is 13.2 Å². The standard InChI is InChI=1S/C20H24N2O3S/c1-16-8-7-11-18(14-16)22(15-20(23)21-17-9-5-6-10-17)26(24,25)19-12-3-2-4-13-19/h2-4,7-8,11-14,17H,5-6,9-10,15H2,1H3,(H,21,23). The van der Waals surface area contributed by atoms with Gasteiger partial charge in [-0.1, -0.05) is 43.2 Å². The molecule has 26 heavy (non-hydrogen) atoms. The molecule has 138 valence electrons. The number of nitrogens with zero attached hydrogens (tertiary/aromatic N) is 1. The third-order valence-electron chi connectivity index (χ3n) is 4.63. The molecule has 0 bridgehead atoms. The number of anilines is 1. The summed E-state index contributed by atoms with van der Waals surface area (Å²) in [6, 6.07) is 15.6. The number of rotatable bonds is 6. The maximum atomic E-state index is 13.2. The van der Waals surface area contributed by atoms with Crippen molar-refractivity contribution >= 4 is 21.6 Å². The number of nitrogens with one attached hydrogen (secondary N) is 1. The molecule has 3 rings (SSSR count). The zero-order valence-corrected chi connectivity index (χ0v) is 15.7. The second-order valence-corrected chi connectivity index (χ2v) is 8.57. The van der Waals surface area contributed by atoms with Gasteiger partial charge in [-0.25, -0.2) is 8.42 Å². The molecule has 1 saturated carbocycles. The van der Waals surface area contributed by atoms with Crippen LogP contribution in [0.15, 0.2) is 59.5 Å². The van der Waals surface area contributed by atoms with E-state index in [2.05, 4.69) is 5.32 Å². The van der Waals surface area contributed by atoms with Gasteiger partial charge < -0.3 is 5.32 Å². The largest absolute Gasteiger partial charge is 0.352 e. The molecule has 1 amide bonds. The third kappa shape index (κ3) is 4.25. The average Bonchev–Trinajstić information content (AvgIpc) is 3.13. The Morgan fingerprint density at radius 3 is 2.42 bits per heavy atom.